The van der Waals surface area contributed by atoms with Gasteiger partial charge in [0.2, 0.25) is 0 Å². The van der Waals surface area contributed by atoms with E-state index in [1.807, 2.05) is 0 Å². The van der Waals surface area contributed by atoms with Gasteiger partial charge in [0, 0.05) is 6.04 Å². The Kier molecular flexibility index (Phi) is 3.05. The zero-order valence-corrected chi connectivity index (χ0v) is 8.63. The molecule has 0 radical (unpaired) electrons. The Balaban J connectivity index is 2.08. The summed E-state index contributed by atoms with van der Waals surface area (Å²) in [6.45, 7) is 0. The van der Waals surface area contributed by atoms with Crippen LogP contribution in [0.5, 0.6) is 0 Å². The molecule has 3 unspecified atom stereocenters. The lowest BCUT2D eigenvalue weighted by atomic mass is 9.79. The molecule has 2 bridgehead atoms. The third-order valence-corrected chi connectivity index (χ3v) is 3.68. The molecule has 0 saturated heterocycles. The Labute approximate surface area is 81.6 Å². The minimum Gasteiger partial charge on any atom is -0.317 e. The van der Waals surface area contributed by atoms with Crippen LogP contribution in [0.3, 0.4) is 0 Å². The Morgan fingerprint density at radius 1 is 1.23 bits per heavy atom. The fourth-order valence-corrected chi connectivity index (χ4v) is 2.86. The van der Waals surface area contributed by atoms with Crippen molar-refractivity contribution in [2.45, 2.75) is 44.6 Å². The second-order valence-corrected chi connectivity index (χ2v) is 4.68. The quantitative estimate of drug-likeness (QED) is 0.610. The maximum Gasteiger partial charge on any atom is 0.00724 e. The van der Waals surface area contributed by atoms with Crippen LogP contribution in [0.1, 0.15) is 38.5 Å². The summed E-state index contributed by atoms with van der Waals surface area (Å²) >= 11 is 0. The van der Waals surface area contributed by atoms with E-state index in [0.717, 1.165) is 17.9 Å². The Morgan fingerprint density at radius 2 is 2.15 bits per heavy atom. The average molecular weight is 179 g/mol. The summed E-state index contributed by atoms with van der Waals surface area (Å²) in [5.41, 5.74) is 0. The van der Waals surface area contributed by atoms with Gasteiger partial charge < -0.3 is 5.32 Å². The van der Waals surface area contributed by atoms with Crippen molar-refractivity contribution in [3.63, 3.8) is 0 Å². The van der Waals surface area contributed by atoms with Crippen molar-refractivity contribution in [2.24, 2.45) is 11.8 Å². The van der Waals surface area contributed by atoms with Crippen molar-refractivity contribution in [3.8, 4) is 0 Å². The van der Waals surface area contributed by atoms with Gasteiger partial charge in [-0.2, -0.15) is 0 Å². The van der Waals surface area contributed by atoms with Crippen LogP contribution >= 0.6 is 0 Å². The predicted molar refractivity (Wildman–Crippen MR) is 56.7 cm³/mol. The summed E-state index contributed by atoms with van der Waals surface area (Å²) in [5, 5.41) is 3.47. The van der Waals surface area contributed by atoms with E-state index in [1.54, 1.807) is 0 Å². The average Bonchev–Trinajstić information content (AvgIpc) is 2.00. The summed E-state index contributed by atoms with van der Waals surface area (Å²) in [6, 6.07) is 0.778. The molecule has 0 aliphatic heterocycles. The minimum atomic E-state index is 0.778. The smallest absolute Gasteiger partial charge is 0.00724 e. The molecule has 0 aromatic carbocycles. The minimum absolute atomic E-state index is 0.778. The molecule has 3 rings (SSSR count). The van der Waals surface area contributed by atoms with Crippen LogP contribution < -0.4 is 5.32 Å². The highest BCUT2D eigenvalue weighted by atomic mass is 14.9. The summed E-state index contributed by atoms with van der Waals surface area (Å²) in [7, 11) is 2.12. The van der Waals surface area contributed by atoms with Crippen LogP contribution in [0.2, 0.25) is 0 Å². The fraction of sp³-hybridized carbons (Fsp3) is 0.833. The third kappa shape index (κ3) is 2.34. The zero-order chi connectivity index (χ0) is 9.10. The van der Waals surface area contributed by atoms with E-state index < -0.39 is 0 Å². The Hall–Kier alpha value is -0.300. The largest absolute Gasteiger partial charge is 0.317 e. The molecule has 0 heterocycles. The molecule has 13 heavy (non-hydrogen) atoms. The normalized spacial score (nSPS) is 42.1. The van der Waals surface area contributed by atoms with Crippen LogP contribution in [-0.4, -0.2) is 13.1 Å². The lowest BCUT2D eigenvalue weighted by molar-refractivity contribution is 0.284. The van der Waals surface area contributed by atoms with E-state index in [9.17, 15) is 0 Å². The zero-order valence-electron chi connectivity index (χ0n) is 8.63. The lowest BCUT2D eigenvalue weighted by Gasteiger charge is -2.31. The molecule has 0 aromatic rings. The van der Waals surface area contributed by atoms with Crippen LogP contribution in [-0.2, 0) is 0 Å². The van der Waals surface area contributed by atoms with Crippen LogP contribution in [0, 0.1) is 11.8 Å². The van der Waals surface area contributed by atoms with Gasteiger partial charge in [0.15, 0.2) is 0 Å². The first-order chi connectivity index (χ1) is 6.38. The van der Waals surface area contributed by atoms with Crippen molar-refractivity contribution in [1.82, 2.24) is 5.32 Å². The number of nitrogens with one attached hydrogen (secondary N) is 1. The highest BCUT2D eigenvalue weighted by Gasteiger charge is 2.23. The van der Waals surface area contributed by atoms with Gasteiger partial charge in [-0.3, -0.25) is 0 Å². The summed E-state index contributed by atoms with van der Waals surface area (Å²) in [4.78, 5) is 0. The molecule has 0 spiro atoms. The topological polar surface area (TPSA) is 12.0 Å². The molecular formula is C12H21N. The van der Waals surface area contributed by atoms with E-state index in [-0.39, 0.29) is 0 Å². The third-order valence-electron chi connectivity index (χ3n) is 3.68. The first-order valence-electron chi connectivity index (χ1n) is 5.72. The van der Waals surface area contributed by atoms with Gasteiger partial charge in [-0.15, -0.1) is 0 Å². The van der Waals surface area contributed by atoms with Crippen LogP contribution in [0.4, 0.5) is 0 Å². The monoisotopic (exact) mass is 179 g/mol. The van der Waals surface area contributed by atoms with E-state index >= 15 is 0 Å². The lowest BCUT2D eigenvalue weighted by Crippen LogP contribution is -2.32. The summed E-state index contributed by atoms with van der Waals surface area (Å²) in [6.07, 6.45) is 13.3. The maximum atomic E-state index is 3.47. The predicted octanol–water partition coefficient (Wildman–Crippen LogP) is 2.73. The second-order valence-electron chi connectivity index (χ2n) is 4.68. The summed E-state index contributed by atoms with van der Waals surface area (Å²) < 4.78 is 0. The molecule has 0 amide bonds. The van der Waals surface area contributed by atoms with Crippen molar-refractivity contribution < 1.29 is 0 Å². The molecule has 3 aliphatic carbocycles. The molecule has 3 atom stereocenters. The molecule has 1 saturated carbocycles. The molecule has 1 fully saturated rings. The van der Waals surface area contributed by atoms with Crippen LogP contribution in [0.25, 0.3) is 0 Å². The highest BCUT2D eigenvalue weighted by molar-refractivity contribution is 4.96. The molecule has 3 aliphatic rings. The van der Waals surface area contributed by atoms with Crippen molar-refractivity contribution in [2.75, 3.05) is 7.05 Å². The highest BCUT2D eigenvalue weighted by Crippen LogP contribution is 2.31. The van der Waals surface area contributed by atoms with E-state index in [4.69, 9.17) is 0 Å². The standard InChI is InChI=1S/C12H21N/c1-13-12-8-10-4-2-5-11(9-12)7-3-6-10/h2,4,10-13H,3,5-9H2,1H3/b4-2-. The number of allylic oxidation sites excluding steroid dienone is 2. The van der Waals surface area contributed by atoms with Gasteiger partial charge in [-0.05, 0) is 44.6 Å². The van der Waals surface area contributed by atoms with Gasteiger partial charge in [0.05, 0.1) is 0 Å². The number of rotatable bonds is 1. The van der Waals surface area contributed by atoms with Gasteiger partial charge >= 0.3 is 0 Å². The van der Waals surface area contributed by atoms with Gasteiger partial charge in [0.25, 0.3) is 0 Å². The van der Waals surface area contributed by atoms with E-state index in [1.165, 1.54) is 38.5 Å². The number of fused-ring (bicyclic) bond motifs is 5. The van der Waals surface area contributed by atoms with Gasteiger partial charge in [0.1, 0.15) is 0 Å². The molecule has 1 heteroatoms. The molecule has 1 N–H and O–H groups in total. The molecule has 74 valence electrons. The first-order valence-corrected chi connectivity index (χ1v) is 5.72. The van der Waals surface area contributed by atoms with E-state index in [2.05, 4.69) is 24.5 Å². The fourth-order valence-electron chi connectivity index (χ4n) is 2.86. The number of hydrogen-bond donors (Lipinski definition) is 1. The summed E-state index contributed by atoms with van der Waals surface area (Å²) in [5.74, 6) is 1.81. The molecular weight excluding hydrogens is 158 g/mol. The second kappa shape index (κ2) is 4.28. The first kappa shape index (κ1) is 9.26. The maximum absolute atomic E-state index is 3.47. The van der Waals surface area contributed by atoms with Crippen molar-refractivity contribution >= 4 is 0 Å². The Bertz CT molecular complexity index is 186. The SMILES string of the molecule is CNC1CC2/C=C\CC(CCC2)C1. The molecule has 0 aromatic heterocycles. The van der Waals surface area contributed by atoms with Gasteiger partial charge in [-0.1, -0.05) is 25.0 Å². The molecule has 1 nitrogen and oxygen atoms in total. The Morgan fingerprint density at radius 3 is 3.00 bits per heavy atom. The number of hydrogen-bond acceptors (Lipinski definition) is 1. The van der Waals surface area contributed by atoms with Crippen molar-refractivity contribution in [1.29, 1.82) is 0 Å². The van der Waals surface area contributed by atoms with Crippen molar-refractivity contribution in [3.05, 3.63) is 12.2 Å². The van der Waals surface area contributed by atoms with Gasteiger partial charge in [-0.25, -0.2) is 0 Å². The van der Waals surface area contributed by atoms with E-state index in [0.29, 0.717) is 0 Å². The van der Waals surface area contributed by atoms with Crippen LogP contribution in [0.15, 0.2) is 12.2 Å².